The van der Waals surface area contributed by atoms with Crippen LogP contribution in [-0.2, 0) is 4.79 Å². The van der Waals surface area contributed by atoms with Crippen LogP contribution in [0.5, 0.6) is 0 Å². The molecule has 1 atom stereocenters. The number of halogens is 1. The summed E-state index contributed by atoms with van der Waals surface area (Å²) in [6.45, 7) is 0. The van der Waals surface area contributed by atoms with Crippen LogP contribution in [0.4, 0.5) is 11.4 Å². The Balaban J connectivity index is 2.24. The van der Waals surface area contributed by atoms with Crippen LogP contribution >= 0.6 is 15.9 Å². The Morgan fingerprint density at radius 1 is 1.38 bits per heavy atom. The first kappa shape index (κ1) is 15.8. The van der Waals surface area contributed by atoms with Crippen molar-refractivity contribution < 1.29 is 14.8 Å². The van der Waals surface area contributed by atoms with Crippen LogP contribution in [-0.4, -0.2) is 22.0 Å². The van der Waals surface area contributed by atoms with Gasteiger partial charge in [0.1, 0.15) is 11.7 Å². The molecule has 0 aromatic heterocycles. The van der Waals surface area contributed by atoms with E-state index in [0.29, 0.717) is 4.47 Å². The molecular weight excluding hydrogens is 340 g/mol. The summed E-state index contributed by atoms with van der Waals surface area (Å²) < 4.78 is 0.587. The van der Waals surface area contributed by atoms with E-state index in [-0.39, 0.29) is 17.3 Å². The molecule has 1 aliphatic carbocycles. The summed E-state index contributed by atoms with van der Waals surface area (Å²) >= 11 is 3.19. The fourth-order valence-electron chi connectivity index (χ4n) is 2.79. The topological polar surface area (TPSA) is 92.5 Å². The van der Waals surface area contributed by atoms with Gasteiger partial charge >= 0.3 is 5.97 Å². The van der Waals surface area contributed by atoms with E-state index in [1.54, 1.807) is 12.1 Å². The van der Waals surface area contributed by atoms with Crippen LogP contribution < -0.4 is 5.32 Å². The number of nitro benzene ring substituents is 1. The maximum Gasteiger partial charge on any atom is 0.326 e. The minimum atomic E-state index is -0.959. The third-order valence-corrected chi connectivity index (χ3v) is 4.35. The average Bonchev–Trinajstić information content (AvgIpc) is 2.46. The fraction of sp³-hybridized carbons (Fsp3) is 0.500. The number of hydrogen-bond acceptors (Lipinski definition) is 4. The Morgan fingerprint density at radius 2 is 2.05 bits per heavy atom. The number of carboxylic acids is 1. The van der Waals surface area contributed by atoms with Gasteiger partial charge in [0.2, 0.25) is 0 Å². The maximum atomic E-state index is 11.5. The molecule has 114 valence electrons. The van der Waals surface area contributed by atoms with Crippen molar-refractivity contribution in [2.75, 3.05) is 5.32 Å². The largest absolute Gasteiger partial charge is 0.480 e. The van der Waals surface area contributed by atoms with Gasteiger partial charge in [-0.05, 0) is 30.9 Å². The first-order chi connectivity index (χ1) is 9.99. The Bertz CT molecular complexity index is 544. The highest BCUT2D eigenvalue weighted by Crippen LogP contribution is 2.32. The number of nitrogens with zero attached hydrogens (tertiary/aromatic N) is 1. The predicted molar refractivity (Wildman–Crippen MR) is 82.4 cm³/mol. The quantitative estimate of drug-likeness (QED) is 0.618. The third-order valence-electron chi connectivity index (χ3n) is 3.85. The van der Waals surface area contributed by atoms with Crippen molar-refractivity contribution in [2.24, 2.45) is 5.92 Å². The SMILES string of the molecule is O=C(O)C(Nc1ccc(Br)cc1[N+](=O)[O-])C1CCCCC1. The van der Waals surface area contributed by atoms with Crippen LogP contribution in [0.25, 0.3) is 0 Å². The molecule has 1 saturated carbocycles. The minimum Gasteiger partial charge on any atom is -0.480 e. The van der Waals surface area contributed by atoms with Crippen LogP contribution in [0.3, 0.4) is 0 Å². The molecule has 0 amide bonds. The number of nitro groups is 1. The summed E-state index contributed by atoms with van der Waals surface area (Å²) in [7, 11) is 0. The summed E-state index contributed by atoms with van der Waals surface area (Å²) in [5.41, 5.74) is 0.132. The zero-order valence-electron chi connectivity index (χ0n) is 11.4. The lowest BCUT2D eigenvalue weighted by atomic mass is 9.84. The van der Waals surface area contributed by atoms with Gasteiger partial charge in [-0.15, -0.1) is 0 Å². The number of rotatable bonds is 5. The number of carbonyl (C=O) groups is 1. The lowest BCUT2D eigenvalue weighted by molar-refractivity contribution is -0.384. The highest BCUT2D eigenvalue weighted by molar-refractivity contribution is 9.10. The molecule has 1 fully saturated rings. The molecule has 0 saturated heterocycles. The Morgan fingerprint density at radius 3 is 2.62 bits per heavy atom. The number of aliphatic carboxylic acids is 1. The van der Waals surface area contributed by atoms with Gasteiger partial charge in [-0.25, -0.2) is 4.79 Å². The van der Waals surface area contributed by atoms with E-state index in [4.69, 9.17) is 0 Å². The standard InChI is InChI=1S/C14H17BrN2O4/c15-10-6-7-11(12(8-10)17(20)21)16-13(14(18)19)9-4-2-1-3-5-9/h6-9,13,16H,1-5H2,(H,18,19). The van der Waals surface area contributed by atoms with Crippen molar-refractivity contribution in [3.8, 4) is 0 Å². The fourth-order valence-corrected chi connectivity index (χ4v) is 3.14. The summed E-state index contributed by atoms with van der Waals surface area (Å²) in [6, 6.07) is 3.79. The molecule has 0 radical (unpaired) electrons. The first-order valence-electron chi connectivity index (χ1n) is 6.92. The predicted octanol–water partition coefficient (Wildman–Crippen LogP) is 3.80. The second kappa shape index (κ2) is 6.89. The number of anilines is 1. The highest BCUT2D eigenvalue weighted by Gasteiger charge is 2.31. The maximum absolute atomic E-state index is 11.5. The molecule has 21 heavy (non-hydrogen) atoms. The second-order valence-electron chi connectivity index (χ2n) is 5.28. The van der Waals surface area contributed by atoms with E-state index in [1.165, 1.54) is 6.07 Å². The molecule has 2 N–H and O–H groups in total. The molecule has 0 bridgehead atoms. The highest BCUT2D eigenvalue weighted by atomic mass is 79.9. The molecule has 0 aliphatic heterocycles. The molecule has 6 nitrogen and oxygen atoms in total. The molecule has 1 aromatic rings. The summed E-state index contributed by atoms with van der Waals surface area (Å²) in [4.78, 5) is 22.1. The normalized spacial score (nSPS) is 17.2. The van der Waals surface area contributed by atoms with Gasteiger partial charge in [-0.2, -0.15) is 0 Å². The molecule has 2 rings (SSSR count). The van der Waals surface area contributed by atoms with E-state index in [0.717, 1.165) is 32.1 Å². The third kappa shape index (κ3) is 3.93. The van der Waals surface area contributed by atoms with Gasteiger partial charge in [0, 0.05) is 10.5 Å². The van der Waals surface area contributed by atoms with Gasteiger partial charge in [0.15, 0.2) is 0 Å². The van der Waals surface area contributed by atoms with Gasteiger partial charge in [-0.1, -0.05) is 35.2 Å². The first-order valence-corrected chi connectivity index (χ1v) is 7.71. The number of hydrogen-bond donors (Lipinski definition) is 2. The van der Waals surface area contributed by atoms with Crippen molar-refractivity contribution in [1.82, 2.24) is 0 Å². The van der Waals surface area contributed by atoms with Crippen molar-refractivity contribution in [2.45, 2.75) is 38.1 Å². The van der Waals surface area contributed by atoms with E-state index in [1.807, 2.05) is 0 Å². The lowest BCUT2D eigenvalue weighted by Gasteiger charge is -2.28. The average molecular weight is 357 g/mol. The van der Waals surface area contributed by atoms with Gasteiger partial charge in [0.25, 0.3) is 5.69 Å². The molecule has 1 aliphatic rings. The van der Waals surface area contributed by atoms with Crippen LogP contribution in [0.1, 0.15) is 32.1 Å². The summed E-state index contributed by atoms with van der Waals surface area (Å²) in [5, 5.41) is 23.4. The van der Waals surface area contributed by atoms with Crippen LogP contribution in [0.2, 0.25) is 0 Å². The van der Waals surface area contributed by atoms with E-state index >= 15 is 0 Å². The molecule has 1 unspecified atom stereocenters. The Kier molecular flexibility index (Phi) is 5.17. The van der Waals surface area contributed by atoms with Gasteiger partial charge in [-0.3, -0.25) is 10.1 Å². The number of carboxylic acid groups (broad SMARTS) is 1. The van der Waals surface area contributed by atoms with Crippen molar-refractivity contribution in [3.63, 3.8) is 0 Å². The minimum absolute atomic E-state index is 0.0134. The van der Waals surface area contributed by atoms with Gasteiger partial charge in [0.05, 0.1) is 4.92 Å². The number of nitrogens with one attached hydrogen (secondary N) is 1. The summed E-state index contributed by atoms with van der Waals surface area (Å²) in [6.07, 6.45) is 4.83. The molecule has 7 heteroatoms. The monoisotopic (exact) mass is 356 g/mol. The lowest BCUT2D eigenvalue weighted by Crippen LogP contribution is -2.38. The van der Waals surface area contributed by atoms with Crippen LogP contribution in [0.15, 0.2) is 22.7 Å². The van der Waals surface area contributed by atoms with E-state index in [2.05, 4.69) is 21.2 Å². The van der Waals surface area contributed by atoms with E-state index in [9.17, 15) is 20.0 Å². The smallest absolute Gasteiger partial charge is 0.326 e. The van der Waals surface area contributed by atoms with Crippen molar-refractivity contribution >= 4 is 33.3 Å². The molecular formula is C14H17BrN2O4. The zero-order chi connectivity index (χ0) is 15.4. The molecule has 1 aromatic carbocycles. The number of benzene rings is 1. The Hall–Kier alpha value is -1.63. The molecule has 0 heterocycles. The zero-order valence-corrected chi connectivity index (χ0v) is 13.0. The van der Waals surface area contributed by atoms with Crippen molar-refractivity contribution in [1.29, 1.82) is 0 Å². The summed E-state index contributed by atoms with van der Waals surface area (Å²) in [5.74, 6) is -0.946. The molecule has 0 spiro atoms. The van der Waals surface area contributed by atoms with Crippen molar-refractivity contribution in [3.05, 3.63) is 32.8 Å². The van der Waals surface area contributed by atoms with Gasteiger partial charge < -0.3 is 10.4 Å². The van der Waals surface area contributed by atoms with Crippen LogP contribution in [0, 0.1) is 16.0 Å². The van der Waals surface area contributed by atoms with E-state index < -0.39 is 16.9 Å². The second-order valence-corrected chi connectivity index (χ2v) is 6.19. The Labute approximate surface area is 130 Å².